The molecule has 2 unspecified atom stereocenters. The molecule has 5 heteroatoms. The van der Waals surface area contributed by atoms with Crippen LogP contribution < -0.4 is 16.0 Å². The molecule has 1 heterocycles. The van der Waals surface area contributed by atoms with Crippen LogP contribution >= 0.6 is 11.6 Å². The molecular formula is C14H21ClN2O2. The van der Waals surface area contributed by atoms with Gasteiger partial charge in [0, 0.05) is 12.6 Å². The summed E-state index contributed by atoms with van der Waals surface area (Å²) in [5.74, 6) is 6.34. The predicted octanol–water partition coefficient (Wildman–Crippen LogP) is 2.81. The first-order valence-corrected chi connectivity index (χ1v) is 7.03. The van der Waals surface area contributed by atoms with Gasteiger partial charge in [0.2, 0.25) is 0 Å². The summed E-state index contributed by atoms with van der Waals surface area (Å²) in [6.07, 6.45) is 4.62. The van der Waals surface area contributed by atoms with Crippen LogP contribution in [0.4, 0.5) is 0 Å². The lowest BCUT2D eigenvalue weighted by atomic mass is 9.97. The lowest BCUT2D eigenvalue weighted by molar-refractivity contribution is 0.00501. The first-order valence-electron chi connectivity index (χ1n) is 6.65. The maximum absolute atomic E-state index is 6.03. The molecule has 1 aliphatic heterocycles. The second kappa shape index (κ2) is 7.10. The first-order chi connectivity index (χ1) is 9.24. The number of hydrazine groups is 1. The van der Waals surface area contributed by atoms with Crippen molar-refractivity contribution < 1.29 is 9.47 Å². The van der Waals surface area contributed by atoms with Gasteiger partial charge in [-0.2, -0.15) is 0 Å². The van der Waals surface area contributed by atoms with E-state index >= 15 is 0 Å². The van der Waals surface area contributed by atoms with Gasteiger partial charge in [0.05, 0.1) is 18.2 Å². The first kappa shape index (κ1) is 14.6. The molecule has 1 aromatic carbocycles. The highest BCUT2D eigenvalue weighted by atomic mass is 35.5. The summed E-state index contributed by atoms with van der Waals surface area (Å²) >= 11 is 6.03. The van der Waals surface area contributed by atoms with Gasteiger partial charge in [0.25, 0.3) is 0 Å². The lowest BCUT2D eigenvalue weighted by Gasteiger charge is -2.27. The summed E-state index contributed by atoms with van der Waals surface area (Å²) < 4.78 is 11.0. The topological polar surface area (TPSA) is 56.5 Å². The average Bonchev–Trinajstić information content (AvgIpc) is 2.46. The highest BCUT2D eigenvalue weighted by Crippen LogP contribution is 2.30. The molecule has 3 N–H and O–H groups in total. The van der Waals surface area contributed by atoms with Crippen LogP contribution in [0.3, 0.4) is 0 Å². The van der Waals surface area contributed by atoms with E-state index in [1.54, 1.807) is 7.11 Å². The molecule has 1 aromatic rings. The SMILES string of the molecule is COc1cc(C(CC2CCCCO2)NN)ccc1Cl. The third-order valence-electron chi connectivity index (χ3n) is 3.55. The summed E-state index contributed by atoms with van der Waals surface area (Å²) in [5.41, 5.74) is 3.93. The van der Waals surface area contributed by atoms with Gasteiger partial charge in [-0.25, -0.2) is 0 Å². The van der Waals surface area contributed by atoms with Gasteiger partial charge in [-0.1, -0.05) is 17.7 Å². The molecule has 0 bridgehead atoms. The van der Waals surface area contributed by atoms with Gasteiger partial charge in [-0.15, -0.1) is 0 Å². The number of nitrogens with one attached hydrogen (secondary N) is 1. The Morgan fingerprint density at radius 2 is 2.37 bits per heavy atom. The third-order valence-corrected chi connectivity index (χ3v) is 3.86. The quantitative estimate of drug-likeness (QED) is 0.645. The zero-order valence-corrected chi connectivity index (χ0v) is 12.0. The zero-order valence-electron chi connectivity index (χ0n) is 11.2. The Morgan fingerprint density at radius 3 is 3.00 bits per heavy atom. The van der Waals surface area contributed by atoms with Crippen LogP contribution in [0.25, 0.3) is 0 Å². The van der Waals surface area contributed by atoms with Crippen molar-refractivity contribution in [1.82, 2.24) is 5.43 Å². The molecule has 0 amide bonds. The molecule has 2 rings (SSSR count). The second-order valence-corrected chi connectivity index (χ2v) is 5.24. The Balaban J connectivity index is 2.07. The summed E-state index contributed by atoms with van der Waals surface area (Å²) in [6.45, 7) is 0.853. The van der Waals surface area contributed by atoms with E-state index in [4.69, 9.17) is 26.9 Å². The molecule has 19 heavy (non-hydrogen) atoms. The predicted molar refractivity (Wildman–Crippen MR) is 76.3 cm³/mol. The number of benzene rings is 1. The fourth-order valence-corrected chi connectivity index (χ4v) is 2.64. The maximum atomic E-state index is 6.03. The molecular weight excluding hydrogens is 264 g/mol. The lowest BCUT2D eigenvalue weighted by Crippen LogP contribution is -2.32. The van der Waals surface area contributed by atoms with Crippen molar-refractivity contribution in [3.8, 4) is 5.75 Å². The standard InChI is InChI=1S/C14H21ClN2O2/c1-18-14-8-10(5-6-12(14)15)13(17-16)9-11-4-2-3-7-19-11/h5-6,8,11,13,17H,2-4,7,9,16H2,1H3. The van der Waals surface area contributed by atoms with Crippen LogP contribution in [0.5, 0.6) is 5.75 Å². The van der Waals surface area contributed by atoms with E-state index in [1.165, 1.54) is 6.42 Å². The fourth-order valence-electron chi connectivity index (χ4n) is 2.45. The van der Waals surface area contributed by atoms with Crippen molar-refractivity contribution in [2.75, 3.05) is 13.7 Å². The van der Waals surface area contributed by atoms with Gasteiger partial charge in [-0.3, -0.25) is 11.3 Å². The van der Waals surface area contributed by atoms with Gasteiger partial charge >= 0.3 is 0 Å². The van der Waals surface area contributed by atoms with Crippen LogP contribution in [0.1, 0.15) is 37.3 Å². The molecule has 1 saturated heterocycles. The van der Waals surface area contributed by atoms with E-state index < -0.39 is 0 Å². The number of rotatable bonds is 5. The van der Waals surface area contributed by atoms with Gasteiger partial charge in [0.1, 0.15) is 5.75 Å². The molecule has 0 spiro atoms. The van der Waals surface area contributed by atoms with E-state index in [2.05, 4.69) is 5.43 Å². The molecule has 0 radical (unpaired) electrons. The van der Waals surface area contributed by atoms with E-state index in [1.807, 2.05) is 18.2 Å². The normalized spacial score (nSPS) is 21.1. The minimum atomic E-state index is 0.0502. The van der Waals surface area contributed by atoms with E-state index in [0.717, 1.165) is 31.4 Å². The fraction of sp³-hybridized carbons (Fsp3) is 0.571. The van der Waals surface area contributed by atoms with Gasteiger partial charge < -0.3 is 9.47 Å². The number of nitrogens with two attached hydrogens (primary N) is 1. The van der Waals surface area contributed by atoms with Crippen molar-refractivity contribution in [2.24, 2.45) is 5.84 Å². The van der Waals surface area contributed by atoms with E-state index in [-0.39, 0.29) is 12.1 Å². The minimum absolute atomic E-state index is 0.0502. The number of hydrogen-bond acceptors (Lipinski definition) is 4. The monoisotopic (exact) mass is 284 g/mol. The molecule has 1 fully saturated rings. The summed E-state index contributed by atoms with van der Waals surface area (Å²) in [4.78, 5) is 0. The Kier molecular flexibility index (Phi) is 5.45. The molecule has 0 aliphatic carbocycles. The molecule has 106 valence electrons. The van der Waals surface area contributed by atoms with Crippen molar-refractivity contribution in [3.63, 3.8) is 0 Å². The van der Waals surface area contributed by atoms with Crippen molar-refractivity contribution in [3.05, 3.63) is 28.8 Å². The number of hydrogen-bond donors (Lipinski definition) is 2. The summed E-state index contributed by atoms with van der Waals surface area (Å²) in [5, 5.41) is 0.607. The smallest absolute Gasteiger partial charge is 0.137 e. The average molecular weight is 285 g/mol. The van der Waals surface area contributed by atoms with E-state index in [0.29, 0.717) is 10.8 Å². The van der Waals surface area contributed by atoms with Crippen LogP contribution in [0.15, 0.2) is 18.2 Å². The van der Waals surface area contributed by atoms with Gasteiger partial charge in [-0.05, 0) is 43.4 Å². The molecule has 0 aromatic heterocycles. The molecule has 4 nitrogen and oxygen atoms in total. The van der Waals surface area contributed by atoms with Crippen molar-refractivity contribution in [1.29, 1.82) is 0 Å². The maximum Gasteiger partial charge on any atom is 0.137 e. The Labute approximate surface area is 119 Å². The molecule has 2 atom stereocenters. The number of methoxy groups -OCH3 is 1. The highest BCUT2D eigenvalue weighted by molar-refractivity contribution is 6.32. The van der Waals surface area contributed by atoms with Crippen LogP contribution in [-0.4, -0.2) is 19.8 Å². The third kappa shape index (κ3) is 3.83. The minimum Gasteiger partial charge on any atom is -0.495 e. The Bertz CT molecular complexity index is 408. The highest BCUT2D eigenvalue weighted by Gasteiger charge is 2.20. The van der Waals surface area contributed by atoms with Crippen molar-refractivity contribution >= 4 is 11.6 Å². The Morgan fingerprint density at radius 1 is 1.53 bits per heavy atom. The number of ether oxygens (including phenoxy) is 2. The van der Waals surface area contributed by atoms with Crippen LogP contribution in [-0.2, 0) is 4.74 Å². The van der Waals surface area contributed by atoms with E-state index in [9.17, 15) is 0 Å². The summed E-state index contributed by atoms with van der Waals surface area (Å²) in [6, 6.07) is 5.78. The zero-order chi connectivity index (χ0) is 13.7. The largest absolute Gasteiger partial charge is 0.495 e. The van der Waals surface area contributed by atoms with Gasteiger partial charge in [0.15, 0.2) is 0 Å². The summed E-state index contributed by atoms with van der Waals surface area (Å²) in [7, 11) is 1.61. The van der Waals surface area contributed by atoms with Crippen LogP contribution in [0.2, 0.25) is 5.02 Å². The molecule has 0 saturated carbocycles. The van der Waals surface area contributed by atoms with Crippen LogP contribution in [0, 0.1) is 0 Å². The second-order valence-electron chi connectivity index (χ2n) is 4.84. The molecule has 1 aliphatic rings. The number of halogens is 1. The Hall–Kier alpha value is -0.810. The van der Waals surface area contributed by atoms with Crippen molar-refractivity contribution in [2.45, 2.75) is 37.8 Å².